The van der Waals surface area contributed by atoms with Crippen molar-refractivity contribution in [2.24, 2.45) is 0 Å². The van der Waals surface area contributed by atoms with Crippen LogP contribution in [0.4, 0.5) is 0 Å². The summed E-state index contributed by atoms with van der Waals surface area (Å²) in [5, 5.41) is 10.9. The van der Waals surface area contributed by atoms with Crippen LogP contribution in [0, 0.1) is 0 Å². The Hall–Kier alpha value is -0.870. The molecule has 0 aromatic rings. The minimum absolute atomic E-state index is 0.105. The van der Waals surface area contributed by atoms with Crippen LogP contribution in [-0.4, -0.2) is 43.0 Å². The lowest BCUT2D eigenvalue weighted by Crippen LogP contribution is -2.36. The number of hydrogen-bond donors (Lipinski definition) is 2. The van der Waals surface area contributed by atoms with E-state index in [1.54, 1.807) is 0 Å². The third-order valence-corrected chi connectivity index (χ3v) is 4.05. The Morgan fingerprint density at radius 3 is 2.71 bits per heavy atom. The molecular weight excluding hydrogens is 245 g/mol. The molecule has 0 aromatic heterocycles. The van der Waals surface area contributed by atoms with Gasteiger partial charge in [-0.15, -0.1) is 0 Å². The molecule has 0 aromatic carbocycles. The van der Waals surface area contributed by atoms with Crippen LogP contribution in [0.5, 0.6) is 0 Å². The fraction of sp³-hybridized carbons (Fsp3) is 0.800. The zero-order valence-electron chi connectivity index (χ0n) is 10.2. The molecule has 2 atom stereocenters. The number of carboxylic acids is 1. The molecule has 0 saturated heterocycles. The van der Waals surface area contributed by atoms with Crippen LogP contribution in [-0.2, 0) is 18.7 Å². The van der Waals surface area contributed by atoms with E-state index in [0.29, 0.717) is 13.0 Å². The molecule has 0 bridgehead atoms. The summed E-state index contributed by atoms with van der Waals surface area (Å²) in [5.74, 6) is -1.13. The predicted octanol–water partition coefficient (Wildman–Crippen LogP) is 1.30. The summed E-state index contributed by atoms with van der Waals surface area (Å²) in [5.41, 5.74) is 0. The summed E-state index contributed by atoms with van der Waals surface area (Å²) in [6.45, 7) is 3.91. The Balaban J connectivity index is 4.08. The van der Waals surface area contributed by atoms with Gasteiger partial charge in [0.1, 0.15) is 6.04 Å². The lowest BCUT2D eigenvalue weighted by Gasteiger charge is -2.16. The van der Waals surface area contributed by atoms with Gasteiger partial charge < -0.3 is 14.9 Å². The molecule has 0 aliphatic rings. The Morgan fingerprint density at radius 1 is 1.59 bits per heavy atom. The van der Waals surface area contributed by atoms with Gasteiger partial charge in [0, 0.05) is 12.8 Å². The van der Waals surface area contributed by atoms with Gasteiger partial charge in [-0.1, -0.05) is 13.3 Å². The predicted molar refractivity (Wildman–Crippen MR) is 64.5 cm³/mol. The first-order chi connectivity index (χ1) is 7.93. The zero-order valence-corrected chi connectivity index (χ0v) is 11.1. The molecule has 2 N–H and O–H groups in total. The average Bonchev–Trinajstić information content (AvgIpc) is 2.24. The van der Waals surface area contributed by atoms with Crippen molar-refractivity contribution in [3.8, 4) is 0 Å². The molecule has 0 heterocycles. The van der Waals surface area contributed by atoms with E-state index < -0.39 is 19.4 Å². The smallest absolute Gasteiger partial charge is 0.326 e. The summed E-state index contributed by atoms with van der Waals surface area (Å²) < 4.78 is 17.1. The van der Waals surface area contributed by atoms with Crippen LogP contribution in [0.2, 0.25) is 0 Å². The zero-order chi connectivity index (χ0) is 13.3. The molecule has 6 nitrogen and oxygen atoms in total. The van der Waals surface area contributed by atoms with Gasteiger partial charge in [-0.25, -0.2) is 4.79 Å². The molecule has 0 saturated carbocycles. The molecule has 2 unspecified atom stereocenters. The summed E-state index contributed by atoms with van der Waals surface area (Å²) >= 11 is 0. The van der Waals surface area contributed by atoms with Crippen molar-refractivity contribution in [1.29, 1.82) is 0 Å². The molecule has 17 heavy (non-hydrogen) atoms. The molecular formula is C10H20NO5P. The molecule has 0 rings (SSSR count). The second-order valence-corrected chi connectivity index (χ2v) is 6.62. The Bertz CT molecular complexity index is 294. The maximum absolute atomic E-state index is 11.9. The standard InChI is InChI=1S/C10H20NO5P/c1-3-4-6-16-17(2,15)7-5-9(10(13)14)11-8-12/h8-9H,3-7H2,1-2H3,(H,11,12)(H,13,14). The van der Waals surface area contributed by atoms with Gasteiger partial charge in [-0.3, -0.25) is 9.36 Å². The maximum Gasteiger partial charge on any atom is 0.326 e. The molecule has 7 heteroatoms. The first-order valence-electron chi connectivity index (χ1n) is 5.56. The number of rotatable bonds is 10. The largest absolute Gasteiger partial charge is 0.480 e. The number of unbranched alkanes of at least 4 members (excludes halogenated alkanes) is 1. The number of hydrogen-bond acceptors (Lipinski definition) is 4. The lowest BCUT2D eigenvalue weighted by molar-refractivity contribution is -0.140. The van der Waals surface area contributed by atoms with E-state index in [1.807, 2.05) is 6.92 Å². The van der Waals surface area contributed by atoms with Crippen LogP contribution in [0.25, 0.3) is 0 Å². The van der Waals surface area contributed by atoms with Gasteiger partial charge in [-0.05, 0) is 12.8 Å². The maximum atomic E-state index is 11.9. The number of carboxylic acid groups (broad SMARTS) is 1. The molecule has 0 spiro atoms. The quantitative estimate of drug-likeness (QED) is 0.353. The van der Waals surface area contributed by atoms with E-state index in [4.69, 9.17) is 9.63 Å². The summed E-state index contributed by atoms with van der Waals surface area (Å²) in [4.78, 5) is 20.9. The van der Waals surface area contributed by atoms with Crippen molar-refractivity contribution >= 4 is 19.7 Å². The van der Waals surface area contributed by atoms with E-state index in [2.05, 4.69) is 5.32 Å². The third-order valence-electron chi connectivity index (χ3n) is 2.25. The normalized spacial score (nSPS) is 15.9. The van der Waals surface area contributed by atoms with Gasteiger partial charge in [0.2, 0.25) is 6.41 Å². The SMILES string of the molecule is CCCCOP(C)(=O)CCC(NC=O)C(=O)O. The van der Waals surface area contributed by atoms with Gasteiger partial charge in [0.05, 0.1) is 6.61 Å². The van der Waals surface area contributed by atoms with Crippen molar-refractivity contribution in [2.45, 2.75) is 32.2 Å². The van der Waals surface area contributed by atoms with Crippen LogP contribution in [0.15, 0.2) is 0 Å². The molecule has 0 radical (unpaired) electrons. The van der Waals surface area contributed by atoms with E-state index in [-0.39, 0.29) is 12.6 Å². The molecule has 0 fully saturated rings. The minimum atomic E-state index is -2.76. The van der Waals surface area contributed by atoms with Gasteiger partial charge in [0.15, 0.2) is 7.37 Å². The average molecular weight is 265 g/mol. The number of amides is 1. The van der Waals surface area contributed by atoms with Crippen LogP contribution in [0.1, 0.15) is 26.2 Å². The van der Waals surface area contributed by atoms with Crippen molar-refractivity contribution in [2.75, 3.05) is 19.4 Å². The van der Waals surface area contributed by atoms with Crippen LogP contribution in [0.3, 0.4) is 0 Å². The molecule has 0 aliphatic carbocycles. The van der Waals surface area contributed by atoms with Crippen LogP contribution < -0.4 is 5.32 Å². The van der Waals surface area contributed by atoms with Crippen molar-refractivity contribution in [1.82, 2.24) is 5.32 Å². The fourth-order valence-electron chi connectivity index (χ4n) is 1.19. The lowest BCUT2D eigenvalue weighted by atomic mass is 10.2. The first-order valence-corrected chi connectivity index (χ1v) is 7.82. The molecule has 100 valence electrons. The van der Waals surface area contributed by atoms with E-state index in [9.17, 15) is 14.2 Å². The molecule has 1 amide bonds. The Labute approximate surface area is 101 Å². The topological polar surface area (TPSA) is 92.7 Å². The number of aliphatic carboxylic acids is 1. The monoisotopic (exact) mass is 265 g/mol. The third kappa shape index (κ3) is 7.94. The Morgan fingerprint density at radius 2 is 2.24 bits per heavy atom. The second kappa shape index (κ2) is 8.25. The summed E-state index contributed by atoms with van der Waals surface area (Å²) in [7, 11) is -2.76. The minimum Gasteiger partial charge on any atom is -0.480 e. The van der Waals surface area contributed by atoms with Gasteiger partial charge in [-0.2, -0.15) is 0 Å². The highest BCUT2D eigenvalue weighted by Gasteiger charge is 2.22. The van der Waals surface area contributed by atoms with E-state index >= 15 is 0 Å². The second-order valence-electron chi connectivity index (χ2n) is 3.89. The number of carbonyl (C=O) groups is 2. The van der Waals surface area contributed by atoms with Gasteiger partial charge >= 0.3 is 5.97 Å². The fourth-order valence-corrected chi connectivity index (χ4v) is 2.56. The van der Waals surface area contributed by atoms with Crippen LogP contribution >= 0.6 is 7.37 Å². The number of nitrogens with one attached hydrogen (secondary N) is 1. The first kappa shape index (κ1) is 16.1. The highest BCUT2D eigenvalue weighted by Crippen LogP contribution is 2.43. The molecule has 0 aliphatic heterocycles. The highest BCUT2D eigenvalue weighted by molar-refractivity contribution is 7.58. The number of carbonyl (C=O) groups excluding carboxylic acids is 1. The van der Waals surface area contributed by atoms with Crippen molar-refractivity contribution in [3.05, 3.63) is 0 Å². The summed E-state index contributed by atoms with van der Waals surface area (Å²) in [6.07, 6.45) is 2.36. The highest BCUT2D eigenvalue weighted by atomic mass is 31.2. The van der Waals surface area contributed by atoms with E-state index in [0.717, 1.165) is 12.8 Å². The van der Waals surface area contributed by atoms with Gasteiger partial charge in [0.25, 0.3) is 0 Å². The van der Waals surface area contributed by atoms with Crippen molar-refractivity contribution in [3.63, 3.8) is 0 Å². The van der Waals surface area contributed by atoms with Crippen molar-refractivity contribution < 1.29 is 23.8 Å². The summed E-state index contributed by atoms with van der Waals surface area (Å²) in [6, 6.07) is -1.00. The Kier molecular flexibility index (Phi) is 7.83. The van der Waals surface area contributed by atoms with E-state index in [1.165, 1.54) is 6.66 Å².